The Morgan fingerprint density at radius 2 is 1.76 bits per heavy atom. The van der Waals surface area contributed by atoms with E-state index < -0.39 is 0 Å². The van der Waals surface area contributed by atoms with Gasteiger partial charge in [0.15, 0.2) is 5.16 Å². The van der Waals surface area contributed by atoms with Crippen LogP contribution in [0.4, 0.5) is 0 Å². The Kier molecular flexibility index (Phi) is 6.54. The fraction of sp³-hybridized carbons (Fsp3) is 0.0741. The van der Waals surface area contributed by atoms with Crippen molar-refractivity contribution in [1.29, 1.82) is 0 Å². The van der Waals surface area contributed by atoms with E-state index in [0.29, 0.717) is 17.5 Å². The molecule has 0 aliphatic carbocycles. The van der Waals surface area contributed by atoms with E-state index in [2.05, 4.69) is 44.8 Å². The number of H-pyrrole nitrogens is 1. The largest absolute Gasteiger partial charge is 0.488 e. The molecule has 34 heavy (non-hydrogen) atoms. The van der Waals surface area contributed by atoms with Crippen molar-refractivity contribution in [2.45, 2.75) is 11.8 Å². The first kappa shape index (κ1) is 21.7. The third-order valence-electron chi connectivity index (χ3n) is 5.28. The topological polar surface area (TPSA) is 79.4 Å². The molecule has 0 aliphatic rings. The molecular formula is C27H22N4O2S. The number of rotatable bonds is 8. The van der Waals surface area contributed by atoms with Crippen LogP contribution in [0.3, 0.4) is 0 Å². The lowest BCUT2D eigenvalue weighted by atomic mass is 10.1. The van der Waals surface area contributed by atoms with Gasteiger partial charge in [0.2, 0.25) is 0 Å². The molecule has 5 rings (SSSR count). The second-order valence-electron chi connectivity index (χ2n) is 7.61. The molecule has 6 nitrogen and oxygen atoms in total. The van der Waals surface area contributed by atoms with E-state index in [1.807, 2.05) is 66.7 Å². The number of carbonyl (C=O) groups is 1. The van der Waals surface area contributed by atoms with Gasteiger partial charge in [-0.2, -0.15) is 5.10 Å². The predicted octanol–water partition coefficient (Wildman–Crippen LogP) is 5.54. The normalized spacial score (nSPS) is 11.3. The van der Waals surface area contributed by atoms with E-state index in [4.69, 9.17) is 4.74 Å². The number of hydrogen-bond acceptors (Lipinski definition) is 5. The maximum atomic E-state index is 12.2. The molecule has 0 saturated heterocycles. The van der Waals surface area contributed by atoms with Crippen LogP contribution in [-0.4, -0.2) is 27.8 Å². The molecule has 0 saturated carbocycles. The van der Waals surface area contributed by atoms with Gasteiger partial charge in [0.25, 0.3) is 5.91 Å². The number of hydrogen-bond donors (Lipinski definition) is 2. The molecule has 0 fully saturated rings. The van der Waals surface area contributed by atoms with Crippen LogP contribution in [-0.2, 0) is 11.4 Å². The molecule has 7 heteroatoms. The summed E-state index contributed by atoms with van der Waals surface area (Å²) in [5, 5.41) is 7.17. The SMILES string of the molecule is O=C(CSc1nc2ccccc2[nH]1)N/N=C\c1ccccc1OCc1cccc2ccccc12. The van der Waals surface area contributed by atoms with Crippen molar-refractivity contribution in [2.24, 2.45) is 5.10 Å². The molecule has 1 aromatic heterocycles. The van der Waals surface area contributed by atoms with E-state index in [9.17, 15) is 4.79 Å². The Hall–Kier alpha value is -4.10. The zero-order chi connectivity index (χ0) is 23.2. The summed E-state index contributed by atoms with van der Waals surface area (Å²) in [6.45, 7) is 0.437. The van der Waals surface area contributed by atoms with Gasteiger partial charge in [-0.3, -0.25) is 4.79 Å². The number of amides is 1. The smallest absolute Gasteiger partial charge is 0.250 e. The molecular weight excluding hydrogens is 444 g/mol. The third-order valence-corrected chi connectivity index (χ3v) is 6.16. The Bertz CT molecular complexity index is 1440. The summed E-state index contributed by atoms with van der Waals surface area (Å²) in [5.74, 6) is 0.692. The molecule has 0 radical (unpaired) electrons. The molecule has 0 spiro atoms. The van der Waals surface area contributed by atoms with Crippen molar-refractivity contribution in [1.82, 2.24) is 15.4 Å². The van der Waals surface area contributed by atoms with Crippen molar-refractivity contribution in [3.63, 3.8) is 0 Å². The highest BCUT2D eigenvalue weighted by molar-refractivity contribution is 7.99. The number of benzene rings is 4. The monoisotopic (exact) mass is 466 g/mol. The zero-order valence-corrected chi connectivity index (χ0v) is 19.1. The quantitative estimate of drug-likeness (QED) is 0.179. The van der Waals surface area contributed by atoms with Crippen LogP contribution in [0.15, 0.2) is 101 Å². The van der Waals surface area contributed by atoms with E-state index in [0.717, 1.165) is 22.2 Å². The first-order chi connectivity index (χ1) is 16.8. The maximum absolute atomic E-state index is 12.2. The van der Waals surface area contributed by atoms with Crippen molar-refractivity contribution in [3.8, 4) is 5.75 Å². The number of hydrazone groups is 1. The van der Waals surface area contributed by atoms with E-state index in [1.165, 1.54) is 22.5 Å². The molecule has 4 aromatic carbocycles. The van der Waals surface area contributed by atoms with E-state index in [1.54, 1.807) is 6.21 Å². The number of para-hydroxylation sites is 3. The number of ether oxygens (including phenoxy) is 1. The Morgan fingerprint density at radius 3 is 2.71 bits per heavy atom. The van der Waals surface area contributed by atoms with E-state index in [-0.39, 0.29) is 11.7 Å². The van der Waals surface area contributed by atoms with Gasteiger partial charge in [-0.25, -0.2) is 10.4 Å². The highest BCUT2D eigenvalue weighted by Crippen LogP contribution is 2.22. The number of fused-ring (bicyclic) bond motifs is 2. The molecule has 2 N–H and O–H groups in total. The van der Waals surface area contributed by atoms with Gasteiger partial charge in [-0.1, -0.05) is 78.5 Å². The van der Waals surface area contributed by atoms with Crippen molar-refractivity contribution >= 4 is 45.7 Å². The second-order valence-corrected chi connectivity index (χ2v) is 8.57. The minimum atomic E-state index is -0.212. The molecule has 1 heterocycles. The summed E-state index contributed by atoms with van der Waals surface area (Å²) < 4.78 is 6.10. The lowest BCUT2D eigenvalue weighted by Crippen LogP contribution is -2.19. The first-order valence-corrected chi connectivity index (χ1v) is 11.8. The van der Waals surface area contributed by atoms with Crippen LogP contribution in [0.1, 0.15) is 11.1 Å². The van der Waals surface area contributed by atoms with Gasteiger partial charge < -0.3 is 9.72 Å². The number of nitrogens with zero attached hydrogens (tertiary/aromatic N) is 2. The fourth-order valence-electron chi connectivity index (χ4n) is 3.63. The Morgan fingerprint density at radius 1 is 0.971 bits per heavy atom. The highest BCUT2D eigenvalue weighted by Gasteiger charge is 2.07. The van der Waals surface area contributed by atoms with Crippen LogP contribution in [0, 0.1) is 0 Å². The van der Waals surface area contributed by atoms with Gasteiger partial charge in [0.05, 0.1) is 23.0 Å². The zero-order valence-electron chi connectivity index (χ0n) is 18.3. The summed E-state index contributed by atoms with van der Waals surface area (Å²) in [4.78, 5) is 19.9. The average Bonchev–Trinajstić information content (AvgIpc) is 3.30. The molecule has 0 bridgehead atoms. The number of aromatic nitrogens is 2. The van der Waals surface area contributed by atoms with Gasteiger partial charge in [-0.05, 0) is 40.6 Å². The maximum Gasteiger partial charge on any atom is 0.250 e. The molecule has 5 aromatic rings. The van der Waals surface area contributed by atoms with Crippen molar-refractivity contribution in [3.05, 3.63) is 102 Å². The number of imidazole rings is 1. The van der Waals surface area contributed by atoms with Gasteiger partial charge >= 0.3 is 0 Å². The summed E-state index contributed by atoms with van der Waals surface area (Å²) in [6.07, 6.45) is 1.60. The number of thioether (sulfide) groups is 1. The van der Waals surface area contributed by atoms with Crippen LogP contribution >= 0.6 is 11.8 Å². The number of aromatic amines is 1. The van der Waals surface area contributed by atoms with Gasteiger partial charge in [0, 0.05) is 5.56 Å². The van der Waals surface area contributed by atoms with Crippen molar-refractivity contribution in [2.75, 3.05) is 5.75 Å². The van der Waals surface area contributed by atoms with Gasteiger partial charge in [0.1, 0.15) is 12.4 Å². The lowest BCUT2D eigenvalue weighted by molar-refractivity contribution is -0.118. The van der Waals surface area contributed by atoms with E-state index >= 15 is 0 Å². The van der Waals surface area contributed by atoms with Crippen molar-refractivity contribution < 1.29 is 9.53 Å². The molecule has 1 amide bonds. The minimum Gasteiger partial charge on any atom is -0.488 e. The summed E-state index contributed by atoms with van der Waals surface area (Å²) in [6, 6.07) is 29.8. The summed E-state index contributed by atoms with van der Waals surface area (Å²) in [5.41, 5.74) is 6.30. The summed E-state index contributed by atoms with van der Waals surface area (Å²) >= 11 is 1.33. The molecule has 168 valence electrons. The van der Waals surface area contributed by atoms with Gasteiger partial charge in [-0.15, -0.1) is 0 Å². The summed E-state index contributed by atoms with van der Waals surface area (Å²) in [7, 11) is 0. The Labute approximate surface area is 201 Å². The Balaban J connectivity index is 1.18. The molecule has 0 unspecified atom stereocenters. The van der Waals surface area contributed by atoms with Crippen LogP contribution in [0.25, 0.3) is 21.8 Å². The number of carbonyl (C=O) groups excluding carboxylic acids is 1. The number of nitrogens with one attached hydrogen (secondary N) is 2. The average molecular weight is 467 g/mol. The molecule has 0 aliphatic heterocycles. The van der Waals surface area contributed by atoms with Crippen LogP contribution < -0.4 is 10.2 Å². The highest BCUT2D eigenvalue weighted by atomic mass is 32.2. The second kappa shape index (κ2) is 10.2. The van der Waals surface area contributed by atoms with Crippen LogP contribution in [0.2, 0.25) is 0 Å². The predicted molar refractivity (Wildman–Crippen MR) is 137 cm³/mol. The van der Waals surface area contributed by atoms with Crippen LogP contribution in [0.5, 0.6) is 5.75 Å². The molecule has 0 atom stereocenters. The third kappa shape index (κ3) is 5.10. The lowest BCUT2D eigenvalue weighted by Gasteiger charge is -2.11. The first-order valence-electron chi connectivity index (χ1n) is 10.8. The minimum absolute atomic E-state index is 0.205. The fourth-order valence-corrected chi connectivity index (χ4v) is 4.31. The standard InChI is InChI=1S/C27H22N4O2S/c32-26(18-34-27-29-23-13-4-5-14-24(23)30-27)31-28-16-20-9-2-6-15-25(20)33-17-21-11-7-10-19-8-1-3-12-22(19)21/h1-16H,17-18H2,(H,29,30)(H,31,32)/b28-16-.